The number of nitrogens with zero attached hydrogens (tertiary/aromatic N) is 4. The highest BCUT2D eigenvalue weighted by Gasteiger charge is 2.34. The molecule has 30 heavy (non-hydrogen) atoms. The Labute approximate surface area is 185 Å². The fraction of sp³-hybridized carbons (Fsp3) is 0.316. The van der Waals surface area contributed by atoms with Gasteiger partial charge in [-0.1, -0.05) is 53.0 Å². The molecule has 1 aliphatic rings. The number of alkyl halides is 2. The van der Waals surface area contributed by atoms with E-state index in [1.54, 1.807) is 16.9 Å². The zero-order valence-corrected chi connectivity index (χ0v) is 17.7. The Morgan fingerprint density at radius 2 is 1.90 bits per heavy atom. The molecule has 1 fully saturated rings. The maximum absolute atomic E-state index is 13.2. The van der Waals surface area contributed by atoms with Crippen LogP contribution in [0.3, 0.4) is 0 Å². The first-order valence-electron chi connectivity index (χ1n) is 9.14. The van der Waals surface area contributed by atoms with Crippen molar-refractivity contribution in [2.75, 3.05) is 5.32 Å². The van der Waals surface area contributed by atoms with Gasteiger partial charge in [-0.15, -0.1) is 0 Å². The highest BCUT2D eigenvalue weighted by atomic mass is 35.5. The lowest BCUT2D eigenvalue weighted by molar-refractivity contribution is -0.117. The molecule has 2 aromatic heterocycles. The molecule has 0 atom stereocenters. The van der Waals surface area contributed by atoms with Gasteiger partial charge in [0.1, 0.15) is 17.3 Å². The third-order valence-corrected chi connectivity index (χ3v) is 5.72. The minimum absolute atomic E-state index is 0.0451. The number of aromatic nitrogens is 4. The van der Waals surface area contributed by atoms with Crippen molar-refractivity contribution in [2.45, 2.75) is 38.3 Å². The number of carbonyl (C=O) groups excluding carboxylic acids is 1. The van der Waals surface area contributed by atoms with Crippen LogP contribution < -0.4 is 5.32 Å². The van der Waals surface area contributed by atoms with E-state index in [9.17, 15) is 13.6 Å². The van der Waals surface area contributed by atoms with Crippen molar-refractivity contribution in [1.82, 2.24) is 19.6 Å². The molecule has 0 radical (unpaired) electrons. The first kappa shape index (κ1) is 21.1. The molecule has 2 heterocycles. The standard InChI is InChI=1S/C19H16Cl3F2N5O/c20-12-4-2-1-3-11(12)7-28-8-13(21)19(27-28)25-14(30)9-29-17(10-5-6-10)15(22)16(26-29)18(23)24/h1-4,8,10,18H,5-7,9H2,(H,25,27,30). The van der Waals surface area contributed by atoms with E-state index in [0.29, 0.717) is 17.3 Å². The van der Waals surface area contributed by atoms with Gasteiger partial charge in [0, 0.05) is 17.1 Å². The third kappa shape index (κ3) is 4.45. The van der Waals surface area contributed by atoms with E-state index in [2.05, 4.69) is 15.5 Å². The summed E-state index contributed by atoms with van der Waals surface area (Å²) in [6, 6.07) is 7.31. The van der Waals surface area contributed by atoms with Gasteiger partial charge in [0.15, 0.2) is 5.82 Å². The molecular formula is C19H16Cl3F2N5O. The molecular weight excluding hydrogens is 459 g/mol. The Morgan fingerprint density at radius 3 is 2.57 bits per heavy atom. The predicted octanol–water partition coefficient (Wildman–Crippen LogP) is 5.54. The van der Waals surface area contributed by atoms with Gasteiger partial charge < -0.3 is 5.32 Å². The fourth-order valence-corrected chi connectivity index (χ4v) is 3.92. The Kier molecular flexibility index (Phi) is 5.99. The van der Waals surface area contributed by atoms with Gasteiger partial charge >= 0.3 is 0 Å². The average molecular weight is 475 g/mol. The summed E-state index contributed by atoms with van der Waals surface area (Å²) in [4.78, 5) is 12.5. The lowest BCUT2D eigenvalue weighted by Crippen LogP contribution is -2.21. The summed E-state index contributed by atoms with van der Waals surface area (Å²) in [6.45, 7) is 0.0968. The van der Waals surface area contributed by atoms with Gasteiger partial charge in [0.2, 0.25) is 5.91 Å². The van der Waals surface area contributed by atoms with E-state index in [1.807, 2.05) is 18.2 Å². The van der Waals surface area contributed by atoms with E-state index in [-0.39, 0.29) is 28.3 Å². The van der Waals surface area contributed by atoms with Crippen LogP contribution in [0, 0.1) is 0 Å². The number of hydrogen-bond donors (Lipinski definition) is 1. The average Bonchev–Trinajstić information content (AvgIpc) is 3.38. The molecule has 0 saturated heterocycles. The van der Waals surface area contributed by atoms with Crippen molar-refractivity contribution in [3.8, 4) is 0 Å². The number of rotatable bonds is 7. The number of benzene rings is 1. The molecule has 6 nitrogen and oxygen atoms in total. The van der Waals surface area contributed by atoms with Crippen molar-refractivity contribution >= 4 is 46.5 Å². The predicted molar refractivity (Wildman–Crippen MR) is 111 cm³/mol. The number of halogens is 5. The molecule has 0 unspecified atom stereocenters. The third-order valence-electron chi connectivity index (χ3n) is 4.69. The molecule has 1 saturated carbocycles. The Bertz CT molecular complexity index is 1090. The SMILES string of the molecule is O=C(Cn1nc(C(F)F)c(Cl)c1C1CC1)Nc1nn(Cc2ccccc2Cl)cc1Cl. The summed E-state index contributed by atoms with van der Waals surface area (Å²) in [6.07, 6.45) is 0.409. The van der Waals surface area contributed by atoms with Crippen LogP contribution >= 0.6 is 34.8 Å². The van der Waals surface area contributed by atoms with Crippen LogP contribution in [0.4, 0.5) is 14.6 Å². The monoisotopic (exact) mass is 473 g/mol. The van der Waals surface area contributed by atoms with Crippen molar-refractivity contribution in [2.24, 2.45) is 0 Å². The Hall–Kier alpha value is -2.16. The van der Waals surface area contributed by atoms with Crippen LogP contribution in [-0.2, 0) is 17.9 Å². The number of hydrogen-bond acceptors (Lipinski definition) is 3. The second-order valence-corrected chi connectivity index (χ2v) is 8.17. The maximum atomic E-state index is 13.2. The molecule has 0 bridgehead atoms. The van der Waals surface area contributed by atoms with Crippen molar-refractivity contribution in [3.05, 3.63) is 62.5 Å². The van der Waals surface area contributed by atoms with Gasteiger partial charge in [-0.25, -0.2) is 8.78 Å². The fourth-order valence-electron chi connectivity index (χ4n) is 3.15. The summed E-state index contributed by atoms with van der Waals surface area (Å²) < 4.78 is 29.1. The van der Waals surface area contributed by atoms with Crippen molar-refractivity contribution < 1.29 is 13.6 Å². The minimum Gasteiger partial charge on any atom is -0.306 e. The lowest BCUT2D eigenvalue weighted by Gasteiger charge is -2.07. The summed E-state index contributed by atoms with van der Waals surface area (Å²) in [5, 5.41) is 11.5. The Balaban J connectivity index is 1.48. The van der Waals surface area contributed by atoms with E-state index >= 15 is 0 Å². The number of nitrogens with one attached hydrogen (secondary N) is 1. The molecule has 3 aromatic rings. The summed E-state index contributed by atoms with van der Waals surface area (Å²) in [5.41, 5.74) is 0.807. The molecule has 1 N–H and O–H groups in total. The molecule has 0 spiro atoms. The molecule has 11 heteroatoms. The minimum atomic E-state index is -2.81. The zero-order chi connectivity index (χ0) is 21.4. The van der Waals surface area contributed by atoms with Gasteiger partial charge in [-0.2, -0.15) is 10.2 Å². The maximum Gasteiger partial charge on any atom is 0.283 e. The van der Waals surface area contributed by atoms with Crippen LogP contribution in [0.2, 0.25) is 15.1 Å². The lowest BCUT2D eigenvalue weighted by atomic mass is 10.2. The van der Waals surface area contributed by atoms with E-state index in [4.69, 9.17) is 34.8 Å². The summed E-state index contributed by atoms with van der Waals surface area (Å²) in [7, 11) is 0. The zero-order valence-electron chi connectivity index (χ0n) is 15.5. The quantitative estimate of drug-likeness (QED) is 0.489. The smallest absolute Gasteiger partial charge is 0.283 e. The van der Waals surface area contributed by atoms with Crippen LogP contribution in [0.15, 0.2) is 30.5 Å². The topological polar surface area (TPSA) is 64.7 Å². The van der Waals surface area contributed by atoms with Crippen LogP contribution in [0.1, 0.15) is 42.1 Å². The van der Waals surface area contributed by atoms with E-state index in [0.717, 1.165) is 18.4 Å². The first-order valence-corrected chi connectivity index (χ1v) is 10.3. The summed E-state index contributed by atoms with van der Waals surface area (Å²) >= 11 is 18.4. The molecule has 0 aliphatic heterocycles. The van der Waals surface area contributed by atoms with Gasteiger partial charge in [0.25, 0.3) is 6.43 Å². The van der Waals surface area contributed by atoms with Crippen LogP contribution in [0.25, 0.3) is 0 Å². The summed E-state index contributed by atoms with van der Waals surface area (Å²) in [5.74, 6) is -0.292. The van der Waals surface area contributed by atoms with Gasteiger partial charge in [-0.3, -0.25) is 14.2 Å². The second kappa shape index (κ2) is 8.53. The Morgan fingerprint density at radius 1 is 1.17 bits per heavy atom. The number of amides is 1. The highest BCUT2D eigenvalue weighted by Crippen LogP contribution is 2.45. The number of carbonyl (C=O) groups is 1. The largest absolute Gasteiger partial charge is 0.306 e. The second-order valence-electron chi connectivity index (χ2n) is 6.98. The molecule has 1 aromatic carbocycles. The molecule has 158 valence electrons. The van der Waals surface area contributed by atoms with Gasteiger partial charge in [0.05, 0.1) is 17.3 Å². The van der Waals surface area contributed by atoms with E-state index in [1.165, 1.54) is 4.68 Å². The number of anilines is 1. The van der Waals surface area contributed by atoms with Crippen molar-refractivity contribution in [3.63, 3.8) is 0 Å². The van der Waals surface area contributed by atoms with Crippen molar-refractivity contribution in [1.29, 1.82) is 0 Å². The van der Waals surface area contributed by atoms with Gasteiger partial charge in [-0.05, 0) is 24.5 Å². The first-order chi connectivity index (χ1) is 14.3. The molecule has 1 amide bonds. The van der Waals surface area contributed by atoms with Crippen LogP contribution in [0.5, 0.6) is 0 Å². The highest BCUT2D eigenvalue weighted by molar-refractivity contribution is 6.33. The van der Waals surface area contributed by atoms with Crippen LogP contribution in [-0.4, -0.2) is 25.5 Å². The molecule has 4 rings (SSSR count). The normalized spacial score (nSPS) is 13.8. The molecule has 1 aliphatic carbocycles. The van der Waals surface area contributed by atoms with E-state index < -0.39 is 18.0 Å².